The van der Waals surface area contributed by atoms with Crippen LogP contribution in [0.15, 0.2) is 0 Å². The average molecular weight is 234 g/mol. The van der Waals surface area contributed by atoms with Crippen molar-refractivity contribution in [3.05, 3.63) is 17.0 Å². The molecule has 0 bridgehead atoms. The Morgan fingerprint density at radius 1 is 1.24 bits per heavy atom. The maximum absolute atomic E-state index is 11.3. The standard InChI is InChI=1S/C12H18N4O/c17-8-12-10-7-14-6-3-11(10)15-16(12)9-1-4-13-5-2-9/h8-9,13-14H,1-7H2. The van der Waals surface area contributed by atoms with Crippen molar-refractivity contribution >= 4 is 6.29 Å². The van der Waals surface area contributed by atoms with Crippen LogP contribution in [0.2, 0.25) is 0 Å². The first kappa shape index (κ1) is 10.9. The predicted molar refractivity (Wildman–Crippen MR) is 64.2 cm³/mol. The van der Waals surface area contributed by atoms with Crippen molar-refractivity contribution in [3.63, 3.8) is 0 Å². The van der Waals surface area contributed by atoms with Crippen LogP contribution < -0.4 is 10.6 Å². The lowest BCUT2D eigenvalue weighted by molar-refractivity contribution is 0.110. The molecule has 0 radical (unpaired) electrons. The van der Waals surface area contributed by atoms with Gasteiger partial charge in [0.25, 0.3) is 0 Å². The van der Waals surface area contributed by atoms with E-state index in [-0.39, 0.29) is 0 Å². The fourth-order valence-electron chi connectivity index (χ4n) is 2.80. The zero-order valence-electron chi connectivity index (χ0n) is 9.91. The summed E-state index contributed by atoms with van der Waals surface area (Å²) in [6.07, 6.45) is 4.04. The molecule has 0 aromatic carbocycles. The minimum absolute atomic E-state index is 0.391. The van der Waals surface area contributed by atoms with E-state index in [0.717, 1.165) is 68.7 Å². The lowest BCUT2D eigenvalue weighted by Crippen LogP contribution is -2.30. The summed E-state index contributed by atoms with van der Waals surface area (Å²) in [5.41, 5.74) is 3.02. The largest absolute Gasteiger partial charge is 0.317 e. The van der Waals surface area contributed by atoms with Crippen LogP contribution >= 0.6 is 0 Å². The number of nitrogens with zero attached hydrogens (tertiary/aromatic N) is 2. The highest BCUT2D eigenvalue weighted by molar-refractivity contribution is 5.75. The van der Waals surface area contributed by atoms with E-state index in [2.05, 4.69) is 15.7 Å². The highest BCUT2D eigenvalue weighted by atomic mass is 16.1. The maximum atomic E-state index is 11.3. The van der Waals surface area contributed by atoms with Crippen LogP contribution in [0, 0.1) is 0 Å². The second-order valence-corrected chi connectivity index (χ2v) is 4.78. The molecule has 0 saturated carbocycles. The fourth-order valence-corrected chi connectivity index (χ4v) is 2.80. The lowest BCUT2D eigenvalue weighted by atomic mass is 10.1. The molecule has 2 N–H and O–H groups in total. The van der Waals surface area contributed by atoms with Crippen molar-refractivity contribution in [2.24, 2.45) is 0 Å². The van der Waals surface area contributed by atoms with Gasteiger partial charge >= 0.3 is 0 Å². The molecule has 0 aliphatic carbocycles. The summed E-state index contributed by atoms with van der Waals surface area (Å²) in [6, 6.07) is 0.391. The molecule has 2 aliphatic heterocycles. The normalized spacial score (nSPS) is 21.2. The molecule has 0 atom stereocenters. The smallest absolute Gasteiger partial charge is 0.168 e. The Bertz CT molecular complexity index is 420. The van der Waals surface area contributed by atoms with Gasteiger partial charge in [0.15, 0.2) is 6.29 Å². The van der Waals surface area contributed by atoms with Gasteiger partial charge in [-0.25, -0.2) is 0 Å². The molecule has 0 amide bonds. The molecule has 2 aliphatic rings. The number of aldehydes is 1. The van der Waals surface area contributed by atoms with Crippen molar-refractivity contribution in [3.8, 4) is 0 Å². The summed E-state index contributed by atoms with van der Waals surface area (Å²) in [5, 5.41) is 11.3. The van der Waals surface area contributed by atoms with Gasteiger partial charge in [-0.3, -0.25) is 9.48 Å². The summed E-state index contributed by atoms with van der Waals surface area (Å²) in [7, 11) is 0. The van der Waals surface area contributed by atoms with Gasteiger partial charge in [0.05, 0.1) is 11.7 Å². The number of carbonyl (C=O) groups excluding carboxylic acids is 1. The molecule has 1 fully saturated rings. The Balaban J connectivity index is 1.97. The van der Waals surface area contributed by atoms with Gasteiger partial charge in [-0.15, -0.1) is 0 Å². The van der Waals surface area contributed by atoms with E-state index in [0.29, 0.717) is 6.04 Å². The number of carbonyl (C=O) groups is 1. The zero-order valence-corrected chi connectivity index (χ0v) is 9.91. The monoisotopic (exact) mass is 234 g/mol. The molecule has 92 valence electrons. The number of fused-ring (bicyclic) bond motifs is 1. The first-order chi connectivity index (χ1) is 8.40. The minimum Gasteiger partial charge on any atom is -0.317 e. The Morgan fingerprint density at radius 3 is 2.82 bits per heavy atom. The summed E-state index contributed by atoms with van der Waals surface area (Å²) in [6.45, 7) is 3.79. The SMILES string of the molecule is O=Cc1c2c(nn1C1CCNCC1)CCNC2. The zero-order chi connectivity index (χ0) is 11.7. The number of rotatable bonds is 2. The van der Waals surface area contributed by atoms with Gasteiger partial charge in [-0.2, -0.15) is 5.10 Å². The van der Waals surface area contributed by atoms with E-state index in [4.69, 9.17) is 0 Å². The first-order valence-electron chi connectivity index (χ1n) is 6.37. The molecular weight excluding hydrogens is 216 g/mol. The van der Waals surface area contributed by atoms with E-state index in [9.17, 15) is 4.79 Å². The van der Waals surface area contributed by atoms with Gasteiger partial charge in [0, 0.05) is 25.1 Å². The van der Waals surface area contributed by atoms with E-state index in [1.165, 1.54) is 0 Å². The highest BCUT2D eigenvalue weighted by Crippen LogP contribution is 2.24. The Kier molecular flexibility index (Phi) is 2.94. The van der Waals surface area contributed by atoms with Crippen molar-refractivity contribution in [1.29, 1.82) is 0 Å². The lowest BCUT2D eigenvalue weighted by Gasteiger charge is -2.23. The summed E-state index contributed by atoms with van der Waals surface area (Å²) >= 11 is 0. The van der Waals surface area contributed by atoms with E-state index >= 15 is 0 Å². The summed E-state index contributed by atoms with van der Waals surface area (Å²) in [4.78, 5) is 11.3. The topological polar surface area (TPSA) is 59.0 Å². The molecular formula is C12H18N4O. The van der Waals surface area contributed by atoms with Crippen molar-refractivity contribution in [2.45, 2.75) is 31.8 Å². The van der Waals surface area contributed by atoms with Crippen molar-refractivity contribution in [2.75, 3.05) is 19.6 Å². The molecule has 1 saturated heterocycles. The Hall–Kier alpha value is -1.20. The van der Waals surface area contributed by atoms with E-state index < -0.39 is 0 Å². The maximum Gasteiger partial charge on any atom is 0.168 e. The van der Waals surface area contributed by atoms with Crippen molar-refractivity contribution in [1.82, 2.24) is 20.4 Å². The third-order valence-electron chi connectivity index (χ3n) is 3.74. The highest BCUT2D eigenvalue weighted by Gasteiger charge is 2.25. The molecule has 1 aromatic heterocycles. The molecule has 17 heavy (non-hydrogen) atoms. The molecule has 3 rings (SSSR count). The predicted octanol–water partition coefficient (Wildman–Crippen LogP) is 0.266. The van der Waals surface area contributed by atoms with Crippen molar-refractivity contribution < 1.29 is 4.79 Å². The van der Waals surface area contributed by atoms with Crippen LogP contribution in [-0.2, 0) is 13.0 Å². The number of nitrogens with one attached hydrogen (secondary N) is 2. The van der Waals surface area contributed by atoms with Gasteiger partial charge < -0.3 is 10.6 Å². The van der Waals surface area contributed by atoms with E-state index in [1.807, 2.05) is 4.68 Å². The summed E-state index contributed by atoms with van der Waals surface area (Å²) < 4.78 is 1.98. The van der Waals surface area contributed by atoms with Crippen LogP contribution in [0.25, 0.3) is 0 Å². The molecule has 0 unspecified atom stereocenters. The fraction of sp³-hybridized carbons (Fsp3) is 0.667. The molecule has 5 heteroatoms. The third-order valence-corrected chi connectivity index (χ3v) is 3.74. The van der Waals surface area contributed by atoms with Gasteiger partial charge in [0.2, 0.25) is 0 Å². The number of piperidine rings is 1. The van der Waals surface area contributed by atoms with Crippen LogP contribution in [-0.4, -0.2) is 35.7 Å². The van der Waals surface area contributed by atoms with Gasteiger partial charge in [-0.1, -0.05) is 0 Å². The Morgan fingerprint density at radius 2 is 2.06 bits per heavy atom. The molecule has 0 spiro atoms. The quantitative estimate of drug-likeness (QED) is 0.721. The second-order valence-electron chi connectivity index (χ2n) is 4.78. The van der Waals surface area contributed by atoms with Crippen LogP contribution in [0.1, 0.15) is 40.6 Å². The number of hydrogen-bond donors (Lipinski definition) is 2. The molecule has 1 aromatic rings. The average Bonchev–Trinajstić information content (AvgIpc) is 2.78. The summed E-state index contributed by atoms with van der Waals surface area (Å²) in [5.74, 6) is 0. The third kappa shape index (κ3) is 1.89. The number of aromatic nitrogens is 2. The van der Waals surface area contributed by atoms with Gasteiger partial charge in [0.1, 0.15) is 5.69 Å². The van der Waals surface area contributed by atoms with Crippen LogP contribution in [0.5, 0.6) is 0 Å². The minimum atomic E-state index is 0.391. The molecule has 3 heterocycles. The number of hydrogen-bond acceptors (Lipinski definition) is 4. The van der Waals surface area contributed by atoms with E-state index in [1.54, 1.807) is 0 Å². The Labute approximate surface area is 101 Å². The first-order valence-corrected chi connectivity index (χ1v) is 6.37. The van der Waals surface area contributed by atoms with Crippen LogP contribution in [0.3, 0.4) is 0 Å². The molecule has 5 nitrogen and oxygen atoms in total. The van der Waals surface area contributed by atoms with Gasteiger partial charge in [-0.05, 0) is 25.9 Å². The second kappa shape index (κ2) is 4.58. The van der Waals surface area contributed by atoms with Crippen LogP contribution in [0.4, 0.5) is 0 Å².